The summed E-state index contributed by atoms with van der Waals surface area (Å²) in [6.07, 6.45) is 6.98. The molecule has 0 aliphatic heterocycles. The molecule has 0 atom stereocenters. The quantitative estimate of drug-likeness (QED) is 0.421. The highest BCUT2D eigenvalue weighted by atomic mass is 16.5. The van der Waals surface area contributed by atoms with Gasteiger partial charge in [-0.05, 0) is 31.7 Å². The maximum Gasteiger partial charge on any atom is 0.0591 e. The zero-order valence-corrected chi connectivity index (χ0v) is 10.4. The molecule has 0 aliphatic rings. The Morgan fingerprint density at radius 3 is 2.67 bits per heavy atom. The van der Waals surface area contributed by atoms with Gasteiger partial charge in [-0.25, -0.2) is 0 Å². The van der Waals surface area contributed by atoms with Crippen molar-refractivity contribution >= 4 is 0 Å². The second kappa shape index (κ2) is 11.7. The van der Waals surface area contributed by atoms with Crippen LogP contribution in [0.15, 0.2) is 12.7 Å². The predicted octanol–water partition coefficient (Wildman–Crippen LogP) is 3.00. The van der Waals surface area contributed by atoms with Crippen molar-refractivity contribution in [3.8, 4) is 0 Å². The Labute approximate surface area is 95.1 Å². The lowest BCUT2D eigenvalue weighted by molar-refractivity contribution is 0.112. The summed E-state index contributed by atoms with van der Waals surface area (Å²) in [4.78, 5) is 0. The normalized spacial score (nSPS) is 10.9. The van der Waals surface area contributed by atoms with Crippen LogP contribution in [0.5, 0.6) is 0 Å². The van der Waals surface area contributed by atoms with Crippen molar-refractivity contribution in [1.82, 2.24) is 5.32 Å². The fourth-order valence-corrected chi connectivity index (χ4v) is 1.30. The highest BCUT2D eigenvalue weighted by Gasteiger charge is 1.93. The second-order valence-corrected chi connectivity index (χ2v) is 4.36. The summed E-state index contributed by atoms with van der Waals surface area (Å²) in [6.45, 7) is 11.9. The summed E-state index contributed by atoms with van der Waals surface area (Å²) < 4.78 is 5.46. The maximum absolute atomic E-state index is 5.46. The van der Waals surface area contributed by atoms with Crippen molar-refractivity contribution in [2.24, 2.45) is 5.92 Å². The molecule has 0 saturated heterocycles. The van der Waals surface area contributed by atoms with Gasteiger partial charge in [0.25, 0.3) is 0 Å². The molecule has 0 unspecified atom stereocenters. The van der Waals surface area contributed by atoms with Gasteiger partial charge in [-0.1, -0.05) is 26.3 Å². The number of hydrogen-bond acceptors (Lipinski definition) is 2. The minimum atomic E-state index is 0.643. The zero-order valence-electron chi connectivity index (χ0n) is 10.4. The lowest BCUT2D eigenvalue weighted by Crippen LogP contribution is -2.21. The van der Waals surface area contributed by atoms with Crippen molar-refractivity contribution in [2.75, 3.05) is 26.3 Å². The zero-order chi connectivity index (χ0) is 11.4. The highest BCUT2D eigenvalue weighted by Crippen LogP contribution is 1.98. The van der Waals surface area contributed by atoms with Crippen molar-refractivity contribution < 1.29 is 4.74 Å². The summed E-state index contributed by atoms with van der Waals surface area (Å²) >= 11 is 0. The van der Waals surface area contributed by atoms with Crippen molar-refractivity contribution in [2.45, 2.75) is 39.5 Å². The molecule has 0 bridgehead atoms. The molecule has 0 radical (unpaired) electrons. The minimum Gasteiger partial charge on any atom is -0.380 e. The summed E-state index contributed by atoms with van der Waals surface area (Å²) in [7, 11) is 0. The molecule has 0 aromatic carbocycles. The fraction of sp³-hybridized carbons (Fsp3) is 0.846. The number of allylic oxidation sites excluding steroid dienone is 1. The van der Waals surface area contributed by atoms with Crippen LogP contribution in [0.3, 0.4) is 0 Å². The number of rotatable bonds is 11. The van der Waals surface area contributed by atoms with E-state index in [1.807, 2.05) is 6.08 Å². The summed E-state index contributed by atoms with van der Waals surface area (Å²) in [5.41, 5.74) is 0. The molecule has 0 amide bonds. The first kappa shape index (κ1) is 14.7. The first-order valence-electron chi connectivity index (χ1n) is 6.16. The average Bonchev–Trinajstić information content (AvgIpc) is 2.20. The number of nitrogens with one attached hydrogen (secondary N) is 1. The molecule has 0 aromatic rings. The molecule has 0 rings (SSSR count). The molecule has 90 valence electrons. The van der Waals surface area contributed by atoms with E-state index in [1.54, 1.807) is 0 Å². The van der Waals surface area contributed by atoms with Gasteiger partial charge in [0.05, 0.1) is 6.61 Å². The van der Waals surface area contributed by atoms with E-state index in [9.17, 15) is 0 Å². The molecular weight excluding hydrogens is 186 g/mol. The van der Waals surface area contributed by atoms with Crippen molar-refractivity contribution in [1.29, 1.82) is 0 Å². The van der Waals surface area contributed by atoms with Crippen molar-refractivity contribution in [3.63, 3.8) is 0 Å². The van der Waals surface area contributed by atoms with E-state index in [4.69, 9.17) is 4.74 Å². The Balaban J connectivity index is 2.89. The Morgan fingerprint density at radius 2 is 2.00 bits per heavy atom. The van der Waals surface area contributed by atoms with Gasteiger partial charge in [-0.3, -0.25) is 0 Å². The molecule has 1 N–H and O–H groups in total. The van der Waals surface area contributed by atoms with Crippen LogP contribution in [-0.4, -0.2) is 26.3 Å². The average molecular weight is 213 g/mol. The maximum atomic E-state index is 5.46. The molecule has 2 heteroatoms. The summed E-state index contributed by atoms with van der Waals surface area (Å²) in [6, 6.07) is 0. The molecule has 0 aromatic heterocycles. The van der Waals surface area contributed by atoms with E-state index in [1.165, 1.54) is 19.3 Å². The molecule has 2 nitrogen and oxygen atoms in total. The second-order valence-electron chi connectivity index (χ2n) is 4.36. The highest BCUT2D eigenvalue weighted by molar-refractivity contribution is 4.65. The van der Waals surface area contributed by atoms with Crippen LogP contribution >= 0.6 is 0 Å². The summed E-state index contributed by atoms with van der Waals surface area (Å²) in [5.74, 6) is 0.643. The van der Waals surface area contributed by atoms with E-state index in [0.717, 1.165) is 32.7 Å². The monoisotopic (exact) mass is 213 g/mol. The third-order valence-corrected chi connectivity index (χ3v) is 2.14. The van der Waals surface area contributed by atoms with Gasteiger partial charge in [0.1, 0.15) is 0 Å². The van der Waals surface area contributed by atoms with E-state index < -0.39 is 0 Å². The molecule has 0 spiro atoms. The molecule has 0 aliphatic carbocycles. The first-order chi connectivity index (χ1) is 7.27. The SMILES string of the molecule is C=CCCCCCNCCOCC(C)C. The lowest BCUT2D eigenvalue weighted by atomic mass is 10.2. The number of unbranched alkanes of at least 4 members (excludes halogenated alkanes) is 3. The van der Waals surface area contributed by atoms with Crippen molar-refractivity contribution in [3.05, 3.63) is 12.7 Å². The van der Waals surface area contributed by atoms with Crippen LogP contribution in [-0.2, 0) is 4.74 Å². The van der Waals surface area contributed by atoms with Gasteiger partial charge in [0, 0.05) is 13.2 Å². The van der Waals surface area contributed by atoms with Gasteiger partial charge in [0.15, 0.2) is 0 Å². The van der Waals surface area contributed by atoms with Crippen LogP contribution < -0.4 is 5.32 Å². The van der Waals surface area contributed by atoms with Gasteiger partial charge in [0.2, 0.25) is 0 Å². The molecular formula is C13H27NO. The molecule has 15 heavy (non-hydrogen) atoms. The summed E-state index contributed by atoms with van der Waals surface area (Å²) in [5, 5.41) is 3.39. The van der Waals surface area contributed by atoms with Crippen LogP contribution in [0.4, 0.5) is 0 Å². The van der Waals surface area contributed by atoms with E-state index in [-0.39, 0.29) is 0 Å². The van der Waals surface area contributed by atoms with Crippen LogP contribution in [0.2, 0.25) is 0 Å². The van der Waals surface area contributed by atoms with Gasteiger partial charge in [-0.15, -0.1) is 6.58 Å². The lowest BCUT2D eigenvalue weighted by Gasteiger charge is -2.07. The molecule has 0 heterocycles. The first-order valence-corrected chi connectivity index (χ1v) is 6.16. The van der Waals surface area contributed by atoms with Gasteiger partial charge >= 0.3 is 0 Å². The third kappa shape index (κ3) is 13.7. The van der Waals surface area contributed by atoms with Crippen LogP contribution in [0.25, 0.3) is 0 Å². The van der Waals surface area contributed by atoms with Crippen LogP contribution in [0.1, 0.15) is 39.5 Å². The van der Waals surface area contributed by atoms with E-state index in [2.05, 4.69) is 25.7 Å². The molecule has 0 saturated carbocycles. The third-order valence-electron chi connectivity index (χ3n) is 2.14. The predicted molar refractivity (Wildman–Crippen MR) is 67.2 cm³/mol. The van der Waals surface area contributed by atoms with Gasteiger partial charge < -0.3 is 10.1 Å². The Hall–Kier alpha value is -0.340. The molecule has 0 fully saturated rings. The Kier molecular flexibility index (Phi) is 11.5. The minimum absolute atomic E-state index is 0.643. The smallest absolute Gasteiger partial charge is 0.0591 e. The number of ether oxygens (including phenoxy) is 1. The fourth-order valence-electron chi connectivity index (χ4n) is 1.30. The van der Waals surface area contributed by atoms with E-state index >= 15 is 0 Å². The van der Waals surface area contributed by atoms with Gasteiger partial charge in [-0.2, -0.15) is 0 Å². The topological polar surface area (TPSA) is 21.3 Å². The number of hydrogen-bond donors (Lipinski definition) is 1. The van der Waals surface area contributed by atoms with E-state index in [0.29, 0.717) is 5.92 Å². The Bertz CT molecular complexity index is 134. The largest absolute Gasteiger partial charge is 0.380 e. The standard InChI is InChI=1S/C13H27NO/c1-4-5-6-7-8-9-14-10-11-15-12-13(2)3/h4,13-14H,1,5-12H2,2-3H3. The van der Waals surface area contributed by atoms with Crippen LogP contribution in [0, 0.1) is 5.92 Å². The Morgan fingerprint density at radius 1 is 1.20 bits per heavy atom.